The summed E-state index contributed by atoms with van der Waals surface area (Å²) in [5.41, 5.74) is 0.592. The van der Waals surface area contributed by atoms with E-state index in [0.717, 1.165) is 0 Å². The van der Waals surface area contributed by atoms with Crippen LogP contribution < -0.4 is 10.0 Å². The van der Waals surface area contributed by atoms with Crippen molar-refractivity contribution < 1.29 is 13.2 Å². The fourth-order valence-corrected chi connectivity index (χ4v) is 2.80. The SMILES string of the molecule is CCOCCCNS(=O)(=O)c1ccccc1NC. The number of rotatable bonds is 8. The molecule has 18 heavy (non-hydrogen) atoms. The molecule has 0 aliphatic rings. The van der Waals surface area contributed by atoms with E-state index in [-0.39, 0.29) is 4.90 Å². The van der Waals surface area contributed by atoms with E-state index in [4.69, 9.17) is 4.74 Å². The lowest BCUT2D eigenvalue weighted by Crippen LogP contribution is -2.26. The fraction of sp³-hybridized carbons (Fsp3) is 0.500. The van der Waals surface area contributed by atoms with Crippen LogP contribution in [0.4, 0.5) is 5.69 Å². The Balaban J connectivity index is 2.63. The second-order valence-electron chi connectivity index (χ2n) is 3.69. The summed E-state index contributed by atoms with van der Waals surface area (Å²) < 4.78 is 31.8. The number of sulfonamides is 1. The van der Waals surface area contributed by atoms with Crippen molar-refractivity contribution in [3.8, 4) is 0 Å². The first-order valence-electron chi connectivity index (χ1n) is 5.96. The second kappa shape index (κ2) is 7.35. The van der Waals surface area contributed by atoms with Crippen LogP contribution in [0.5, 0.6) is 0 Å². The van der Waals surface area contributed by atoms with Crippen molar-refractivity contribution in [3.05, 3.63) is 24.3 Å². The van der Waals surface area contributed by atoms with Crippen LogP contribution >= 0.6 is 0 Å². The lowest BCUT2D eigenvalue weighted by atomic mass is 10.3. The molecular formula is C12H20N2O3S. The number of hydrogen-bond acceptors (Lipinski definition) is 4. The molecule has 0 amide bonds. The molecule has 0 fully saturated rings. The van der Waals surface area contributed by atoms with Crippen LogP contribution in [0.25, 0.3) is 0 Å². The van der Waals surface area contributed by atoms with E-state index in [1.54, 1.807) is 31.3 Å². The second-order valence-corrected chi connectivity index (χ2v) is 5.43. The molecule has 0 unspecified atom stereocenters. The highest BCUT2D eigenvalue weighted by atomic mass is 32.2. The maximum Gasteiger partial charge on any atom is 0.242 e. The van der Waals surface area contributed by atoms with Crippen molar-refractivity contribution in [3.63, 3.8) is 0 Å². The van der Waals surface area contributed by atoms with Gasteiger partial charge in [0.05, 0.1) is 5.69 Å². The average Bonchev–Trinajstić information content (AvgIpc) is 2.38. The van der Waals surface area contributed by atoms with Gasteiger partial charge in [0.25, 0.3) is 0 Å². The van der Waals surface area contributed by atoms with E-state index in [9.17, 15) is 8.42 Å². The predicted octanol–water partition coefficient (Wildman–Crippen LogP) is 1.43. The molecule has 0 atom stereocenters. The van der Waals surface area contributed by atoms with Gasteiger partial charge in [-0.1, -0.05) is 12.1 Å². The molecule has 0 saturated carbocycles. The Morgan fingerprint density at radius 3 is 2.67 bits per heavy atom. The molecule has 0 heterocycles. The Morgan fingerprint density at radius 2 is 2.00 bits per heavy atom. The monoisotopic (exact) mass is 272 g/mol. The van der Waals surface area contributed by atoms with Gasteiger partial charge in [0.15, 0.2) is 0 Å². The van der Waals surface area contributed by atoms with Crippen LogP contribution in [0.2, 0.25) is 0 Å². The zero-order chi connectivity index (χ0) is 13.4. The molecule has 1 aromatic rings. The maximum absolute atomic E-state index is 12.1. The molecule has 0 aromatic heterocycles. The summed E-state index contributed by atoms with van der Waals surface area (Å²) in [5.74, 6) is 0. The molecule has 0 aliphatic heterocycles. The molecule has 6 heteroatoms. The Hall–Kier alpha value is -1.11. The van der Waals surface area contributed by atoms with Gasteiger partial charge in [-0.2, -0.15) is 0 Å². The van der Waals surface area contributed by atoms with E-state index in [2.05, 4.69) is 10.0 Å². The third-order valence-electron chi connectivity index (χ3n) is 2.41. The lowest BCUT2D eigenvalue weighted by Gasteiger charge is -2.10. The standard InChI is InChI=1S/C12H20N2O3S/c1-3-17-10-6-9-14-18(15,16)12-8-5-4-7-11(12)13-2/h4-5,7-8,13-14H,3,6,9-10H2,1-2H3. The Bertz CT molecular complexity index is 460. The summed E-state index contributed by atoms with van der Waals surface area (Å²) >= 11 is 0. The first-order valence-corrected chi connectivity index (χ1v) is 7.44. The normalized spacial score (nSPS) is 11.4. The van der Waals surface area contributed by atoms with E-state index >= 15 is 0 Å². The zero-order valence-electron chi connectivity index (χ0n) is 10.8. The van der Waals surface area contributed by atoms with Crippen LogP contribution in [0, 0.1) is 0 Å². The van der Waals surface area contributed by atoms with Crippen LogP contribution in [0.3, 0.4) is 0 Å². The van der Waals surface area contributed by atoms with Gasteiger partial charge in [-0.3, -0.25) is 0 Å². The summed E-state index contributed by atoms with van der Waals surface area (Å²) in [6.45, 7) is 3.50. The average molecular weight is 272 g/mol. The third kappa shape index (κ3) is 4.29. The molecule has 102 valence electrons. The fourth-order valence-electron chi connectivity index (χ4n) is 1.51. The Labute approximate surface area is 109 Å². The molecule has 1 aromatic carbocycles. The van der Waals surface area contributed by atoms with Gasteiger partial charge in [-0.05, 0) is 25.5 Å². The van der Waals surface area contributed by atoms with Crippen LogP contribution in [0.15, 0.2) is 29.2 Å². The first-order chi connectivity index (χ1) is 8.61. The third-order valence-corrected chi connectivity index (χ3v) is 3.93. The van der Waals surface area contributed by atoms with Gasteiger partial charge in [-0.15, -0.1) is 0 Å². The Morgan fingerprint density at radius 1 is 1.28 bits per heavy atom. The van der Waals surface area contributed by atoms with E-state index in [1.165, 1.54) is 0 Å². The minimum Gasteiger partial charge on any atom is -0.387 e. The van der Waals surface area contributed by atoms with Gasteiger partial charge >= 0.3 is 0 Å². The van der Waals surface area contributed by atoms with E-state index in [1.807, 2.05) is 6.92 Å². The molecule has 2 N–H and O–H groups in total. The summed E-state index contributed by atoms with van der Waals surface area (Å²) in [7, 11) is -1.76. The molecule has 0 aliphatic carbocycles. The first kappa shape index (κ1) is 14.9. The maximum atomic E-state index is 12.1. The summed E-state index contributed by atoms with van der Waals surface area (Å²) in [6, 6.07) is 6.81. The van der Waals surface area contributed by atoms with Crippen molar-refractivity contribution in [1.29, 1.82) is 0 Å². The van der Waals surface area contributed by atoms with Gasteiger partial charge in [-0.25, -0.2) is 13.1 Å². The van der Waals surface area contributed by atoms with Crippen LogP contribution in [-0.2, 0) is 14.8 Å². The molecule has 0 spiro atoms. The molecule has 0 radical (unpaired) electrons. The smallest absolute Gasteiger partial charge is 0.242 e. The van der Waals surface area contributed by atoms with E-state index < -0.39 is 10.0 Å². The largest absolute Gasteiger partial charge is 0.387 e. The van der Waals surface area contributed by atoms with Gasteiger partial charge < -0.3 is 10.1 Å². The minimum atomic E-state index is -3.46. The van der Waals surface area contributed by atoms with Crippen molar-refractivity contribution in [2.75, 3.05) is 32.1 Å². The van der Waals surface area contributed by atoms with Crippen molar-refractivity contribution >= 4 is 15.7 Å². The Kier molecular flexibility index (Phi) is 6.11. The number of anilines is 1. The quantitative estimate of drug-likeness (QED) is 0.703. The molecule has 0 saturated heterocycles. The number of para-hydroxylation sites is 1. The van der Waals surface area contributed by atoms with Gasteiger partial charge in [0, 0.05) is 26.8 Å². The molecule has 1 rings (SSSR count). The van der Waals surface area contributed by atoms with Crippen molar-refractivity contribution in [2.45, 2.75) is 18.2 Å². The molecule has 0 bridgehead atoms. The van der Waals surface area contributed by atoms with Crippen LogP contribution in [0.1, 0.15) is 13.3 Å². The number of benzene rings is 1. The number of hydrogen-bond donors (Lipinski definition) is 2. The minimum absolute atomic E-state index is 0.268. The van der Waals surface area contributed by atoms with Crippen molar-refractivity contribution in [1.82, 2.24) is 4.72 Å². The highest BCUT2D eigenvalue weighted by molar-refractivity contribution is 7.89. The lowest BCUT2D eigenvalue weighted by molar-refractivity contribution is 0.146. The highest BCUT2D eigenvalue weighted by Crippen LogP contribution is 2.19. The van der Waals surface area contributed by atoms with Gasteiger partial charge in [0.2, 0.25) is 10.0 Å². The molecule has 5 nitrogen and oxygen atoms in total. The summed E-state index contributed by atoms with van der Waals surface area (Å²) in [4.78, 5) is 0.268. The van der Waals surface area contributed by atoms with E-state index in [0.29, 0.717) is 31.9 Å². The summed E-state index contributed by atoms with van der Waals surface area (Å²) in [5, 5.41) is 2.87. The topological polar surface area (TPSA) is 67.4 Å². The van der Waals surface area contributed by atoms with Crippen molar-refractivity contribution in [2.24, 2.45) is 0 Å². The van der Waals surface area contributed by atoms with Crippen LogP contribution in [-0.4, -0.2) is 35.2 Å². The number of ether oxygens (including phenoxy) is 1. The number of nitrogens with one attached hydrogen (secondary N) is 2. The highest BCUT2D eigenvalue weighted by Gasteiger charge is 2.16. The zero-order valence-corrected chi connectivity index (χ0v) is 11.6. The van der Waals surface area contributed by atoms with Gasteiger partial charge in [0.1, 0.15) is 4.90 Å². The molecular weight excluding hydrogens is 252 g/mol. The predicted molar refractivity (Wildman–Crippen MR) is 72.3 cm³/mol. The summed E-state index contributed by atoms with van der Waals surface area (Å²) in [6.07, 6.45) is 0.661.